The van der Waals surface area contributed by atoms with Crippen molar-refractivity contribution in [1.82, 2.24) is 19.9 Å². The highest BCUT2D eigenvalue weighted by molar-refractivity contribution is 7.15. The highest BCUT2D eigenvalue weighted by Gasteiger charge is 2.27. The molecular formula is C21H24N6O2S. The Morgan fingerprint density at radius 3 is 2.90 bits per heavy atom. The number of aryl methyl sites for hydroxylation is 2. The number of thiazole rings is 1. The van der Waals surface area contributed by atoms with Gasteiger partial charge < -0.3 is 20.3 Å². The van der Waals surface area contributed by atoms with Crippen molar-refractivity contribution in [3.05, 3.63) is 58.5 Å². The Hall–Kier alpha value is -3.04. The Balaban J connectivity index is 1.52. The van der Waals surface area contributed by atoms with Gasteiger partial charge in [0.25, 0.3) is 5.91 Å². The molecule has 156 valence electrons. The lowest BCUT2D eigenvalue weighted by molar-refractivity contribution is -0.0247. The fourth-order valence-electron chi connectivity index (χ4n) is 3.36. The molecule has 1 atom stereocenters. The van der Waals surface area contributed by atoms with E-state index in [1.165, 1.54) is 0 Å². The fourth-order valence-corrected chi connectivity index (χ4v) is 4.05. The molecule has 3 aromatic heterocycles. The molecule has 0 spiro atoms. The van der Waals surface area contributed by atoms with E-state index >= 15 is 0 Å². The zero-order chi connectivity index (χ0) is 21.1. The molecule has 8 nitrogen and oxygen atoms in total. The van der Waals surface area contributed by atoms with E-state index in [1.54, 1.807) is 36.7 Å². The minimum Gasteiger partial charge on any atom is -0.373 e. The lowest BCUT2D eigenvalue weighted by Gasteiger charge is -2.33. The summed E-state index contributed by atoms with van der Waals surface area (Å²) in [5, 5.41) is 7.14. The third kappa shape index (κ3) is 4.58. The SMILES string of the molecule is CNc1cc(C(=O)N2CCO[C@H](c3cc(Nc4ncc(C)s4)cc(C)n3)C2)ccn1. The molecule has 1 saturated heterocycles. The molecule has 1 fully saturated rings. The fraction of sp³-hybridized carbons (Fsp3) is 0.333. The van der Waals surface area contributed by atoms with Crippen LogP contribution in [0.5, 0.6) is 0 Å². The topological polar surface area (TPSA) is 92.3 Å². The van der Waals surface area contributed by atoms with Gasteiger partial charge >= 0.3 is 0 Å². The van der Waals surface area contributed by atoms with Crippen molar-refractivity contribution in [2.75, 3.05) is 37.4 Å². The van der Waals surface area contributed by atoms with Crippen LogP contribution in [0.3, 0.4) is 0 Å². The predicted molar refractivity (Wildman–Crippen MR) is 117 cm³/mol. The van der Waals surface area contributed by atoms with Crippen molar-refractivity contribution in [3.63, 3.8) is 0 Å². The van der Waals surface area contributed by atoms with Gasteiger partial charge in [-0.15, -0.1) is 11.3 Å². The van der Waals surface area contributed by atoms with E-state index in [9.17, 15) is 4.79 Å². The number of hydrogen-bond acceptors (Lipinski definition) is 8. The quantitative estimate of drug-likeness (QED) is 0.647. The van der Waals surface area contributed by atoms with Gasteiger partial charge in [-0.3, -0.25) is 9.78 Å². The van der Waals surface area contributed by atoms with Gasteiger partial charge in [-0.25, -0.2) is 9.97 Å². The number of amides is 1. The second-order valence-electron chi connectivity index (χ2n) is 7.11. The summed E-state index contributed by atoms with van der Waals surface area (Å²) in [4.78, 5) is 29.1. The molecule has 1 aliphatic rings. The van der Waals surface area contributed by atoms with Crippen LogP contribution in [0.15, 0.2) is 36.7 Å². The first kappa shape index (κ1) is 20.2. The summed E-state index contributed by atoms with van der Waals surface area (Å²) in [6.45, 7) is 5.42. The Morgan fingerprint density at radius 1 is 1.27 bits per heavy atom. The van der Waals surface area contributed by atoms with Gasteiger partial charge in [0.05, 0.1) is 18.8 Å². The molecule has 0 aliphatic carbocycles. The average Bonchev–Trinajstić information content (AvgIpc) is 3.17. The number of ether oxygens (including phenoxy) is 1. The maximum atomic E-state index is 13.0. The molecule has 2 N–H and O–H groups in total. The molecule has 0 saturated carbocycles. The Morgan fingerprint density at radius 2 is 2.13 bits per heavy atom. The third-order valence-corrected chi connectivity index (χ3v) is 5.62. The summed E-state index contributed by atoms with van der Waals surface area (Å²) in [5.74, 6) is 0.630. The van der Waals surface area contributed by atoms with Crippen LogP contribution in [-0.2, 0) is 4.74 Å². The van der Waals surface area contributed by atoms with Gasteiger partial charge in [0.15, 0.2) is 5.13 Å². The summed E-state index contributed by atoms with van der Waals surface area (Å²) >= 11 is 1.60. The molecule has 0 radical (unpaired) electrons. The highest BCUT2D eigenvalue weighted by atomic mass is 32.1. The van der Waals surface area contributed by atoms with E-state index in [-0.39, 0.29) is 12.0 Å². The average molecular weight is 425 g/mol. The van der Waals surface area contributed by atoms with E-state index < -0.39 is 0 Å². The van der Waals surface area contributed by atoms with Gasteiger partial charge in [0.2, 0.25) is 0 Å². The second kappa shape index (κ2) is 8.76. The molecule has 9 heteroatoms. The number of hydrogen-bond donors (Lipinski definition) is 2. The van der Waals surface area contributed by atoms with Crippen molar-refractivity contribution in [1.29, 1.82) is 0 Å². The number of morpholine rings is 1. The molecule has 30 heavy (non-hydrogen) atoms. The van der Waals surface area contributed by atoms with Crippen molar-refractivity contribution in [3.8, 4) is 0 Å². The number of aromatic nitrogens is 3. The third-order valence-electron chi connectivity index (χ3n) is 4.79. The maximum Gasteiger partial charge on any atom is 0.254 e. The first-order valence-electron chi connectivity index (χ1n) is 9.74. The van der Waals surface area contributed by atoms with Crippen LogP contribution >= 0.6 is 11.3 Å². The van der Waals surface area contributed by atoms with E-state index in [4.69, 9.17) is 4.74 Å². The molecule has 0 aromatic carbocycles. The van der Waals surface area contributed by atoms with Gasteiger partial charge in [0, 0.05) is 47.8 Å². The van der Waals surface area contributed by atoms with Crippen LogP contribution in [0.1, 0.15) is 32.7 Å². The molecule has 1 aliphatic heterocycles. The van der Waals surface area contributed by atoms with Crippen molar-refractivity contribution in [2.45, 2.75) is 20.0 Å². The predicted octanol–water partition coefficient (Wildman–Crippen LogP) is 3.55. The Kier molecular flexibility index (Phi) is 5.91. The minimum absolute atomic E-state index is 0.0357. The number of anilines is 3. The standard InChI is InChI=1S/C21H24N6O2S/c1-13-8-16(26-21-24-11-14(2)30-21)10-17(25-13)18-12-27(6-7-29-18)20(28)15-4-5-23-19(9-15)22-3/h4-5,8-11,18H,6-7,12H2,1-3H3,(H,22,23)(H,24,25,26)/t18-/m0/s1. The minimum atomic E-state index is -0.285. The van der Waals surface area contributed by atoms with Gasteiger partial charge in [-0.05, 0) is 38.1 Å². The molecule has 0 unspecified atom stereocenters. The van der Waals surface area contributed by atoms with Crippen molar-refractivity contribution in [2.24, 2.45) is 0 Å². The number of nitrogens with zero attached hydrogens (tertiary/aromatic N) is 4. The Labute approximate surface area is 179 Å². The largest absolute Gasteiger partial charge is 0.373 e. The number of pyridine rings is 2. The summed E-state index contributed by atoms with van der Waals surface area (Å²) in [6.07, 6.45) is 3.19. The lowest BCUT2D eigenvalue weighted by Crippen LogP contribution is -2.42. The van der Waals surface area contributed by atoms with E-state index in [2.05, 4.69) is 25.6 Å². The number of carbonyl (C=O) groups excluding carboxylic acids is 1. The summed E-state index contributed by atoms with van der Waals surface area (Å²) < 4.78 is 5.97. The smallest absolute Gasteiger partial charge is 0.254 e. The summed E-state index contributed by atoms with van der Waals surface area (Å²) in [6, 6.07) is 7.43. The van der Waals surface area contributed by atoms with Gasteiger partial charge in [0.1, 0.15) is 11.9 Å². The lowest BCUT2D eigenvalue weighted by atomic mass is 10.1. The van der Waals surface area contributed by atoms with E-state index in [0.717, 1.165) is 27.1 Å². The van der Waals surface area contributed by atoms with Crippen LogP contribution in [0.4, 0.5) is 16.6 Å². The van der Waals surface area contributed by atoms with Gasteiger partial charge in [-0.2, -0.15) is 0 Å². The zero-order valence-corrected chi connectivity index (χ0v) is 18.0. The highest BCUT2D eigenvalue weighted by Crippen LogP contribution is 2.27. The number of carbonyl (C=O) groups is 1. The first-order chi connectivity index (χ1) is 14.5. The molecule has 3 aromatic rings. The molecule has 1 amide bonds. The summed E-state index contributed by atoms with van der Waals surface area (Å²) in [7, 11) is 1.78. The van der Waals surface area contributed by atoms with E-state index in [0.29, 0.717) is 31.1 Å². The van der Waals surface area contributed by atoms with Crippen LogP contribution in [0.2, 0.25) is 0 Å². The van der Waals surface area contributed by atoms with Gasteiger partial charge in [-0.1, -0.05) is 0 Å². The van der Waals surface area contributed by atoms with Crippen LogP contribution in [0.25, 0.3) is 0 Å². The molecule has 4 heterocycles. The number of rotatable bonds is 5. The normalized spacial score (nSPS) is 16.4. The monoisotopic (exact) mass is 424 g/mol. The van der Waals surface area contributed by atoms with E-state index in [1.807, 2.05) is 37.1 Å². The summed E-state index contributed by atoms with van der Waals surface area (Å²) in [5.41, 5.74) is 3.19. The van der Waals surface area contributed by atoms with Crippen LogP contribution < -0.4 is 10.6 Å². The van der Waals surface area contributed by atoms with Crippen molar-refractivity contribution < 1.29 is 9.53 Å². The number of nitrogens with one attached hydrogen (secondary N) is 2. The zero-order valence-electron chi connectivity index (χ0n) is 17.2. The molecule has 0 bridgehead atoms. The second-order valence-corrected chi connectivity index (χ2v) is 8.35. The van der Waals surface area contributed by atoms with Crippen molar-refractivity contribution >= 4 is 33.9 Å². The molecular weight excluding hydrogens is 400 g/mol. The van der Waals surface area contributed by atoms with Crippen LogP contribution in [0, 0.1) is 13.8 Å². The first-order valence-corrected chi connectivity index (χ1v) is 10.6. The maximum absolute atomic E-state index is 13.0. The molecule has 4 rings (SSSR count). The Bertz CT molecular complexity index is 1050. The van der Waals surface area contributed by atoms with Crippen LogP contribution in [-0.4, -0.2) is 52.5 Å².